The molecular formula is C31H30Cl2N2O4. The Balaban J connectivity index is 1.67. The lowest BCUT2D eigenvalue weighted by Gasteiger charge is -2.18. The second-order valence-electron chi connectivity index (χ2n) is 9.43. The number of aromatic nitrogens is 2. The zero-order chi connectivity index (χ0) is 28.1. The van der Waals surface area contributed by atoms with Crippen LogP contribution in [0.25, 0.3) is 11.1 Å². The summed E-state index contributed by atoms with van der Waals surface area (Å²) < 4.78 is 7.67. The second-order valence-corrected chi connectivity index (χ2v) is 10.2. The summed E-state index contributed by atoms with van der Waals surface area (Å²) in [6.07, 6.45) is 2.55. The highest BCUT2D eigenvalue weighted by atomic mass is 35.5. The number of carbonyl (C=O) groups is 1. The summed E-state index contributed by atoms with van der Waals surface area (Å²) in [6, 6.07) is 17.7. The molecule has 0 unspecified atom stereocenters. The highest BCUT2D eigenvalue weighted by molar-refractivity contribution is 6.39. The van der Waals surface area contributed by atoms with Crippen LogP contribution in [0, 0.1) is 13.8 Å². The normalized spacial score (nSPS) is 11.0. The van der Waals surface area contributed by atoms with Crippen molar-refractivity contribution >= 4 is 29.2 Å². The zero-order valence-corrected chi connectivity index (χ0v) is 23.6. The van der Waals surface area contributed by atoms with Crippen LogP contribution in [0.2, 0.25) is 10.0 Å². The Bertz CT molecular complexity index is 1560. The Kier molecular flexibility index (Phi) is 9.10. The van der Waals surface area contributed by atoms with Gasteiger partial charge in [-0.15, -0.1) is 0 Å². The summed E-state index contributed by atoms with van der Waals surface area (Å²) in [6.45, 7) is 6.29. The van der Waals surface area contributed by atoms with Gasteiger partial charge in [0.15, 0.2) is 0 Å². The van der Waals surface area contributed by atoms with E-state index in [-0.39, 0.29) is 17.7 Å². The van der Waals surface area contributed by atoms with Gasteiger partial charge in [-0.2, -0.15) is 0 Å². The summed E-state index contributed by atoms with van der Waals surface area (Å²) >= 11 is 13.0. The third kappa shape index (κ3) is 6.35. The Morgan fingerprint density at radius 2 is 1.72 bits per heavy atom. The number of rotatable bonds is 10. The lowest BCUT2D eigenvalue weighted by molar-refractivity contribution is 0.0694. The fraction of sp³-hybridized carbons (Fsp3) is 0.258. The summed E-state index contributed by atoms with van der Waals surface area (Å²) in [5.41, 5.74) is 3.90. The van der Waals surface area contributed by atoms with Gasteiger partial charge in [-0.3, -0.25) is 9.36 Å². The topological polar surface area (TPSA) is 81.4 Å². The van der Waals surface area contributed by atoms with Crippen molar-refractivity contribution in [3.8, 4) is 16.9 Å². The monoisotopic (exact) mass is 564 g/mol. The molecule has 39 heavy (non-hydrogen) atoms. The average molecular weight is 565 g/mol. The van der Waals surface area contributed by atoms with Crippen molar-refractivity contribution in [2.75, 3.05) is 0 Å². The van der Waals surface area contributed by atoms with Gasteiger partial charge in [-0.25, -0.2) is 9.78 Å². The van der Waals surface area contributed by atoms with Crippen molar-refractivity contribution in [2.45, 2.75) is 53.2 Å². The minimum absolute atomic E-state index is 0.132. The molecule has 0 atom stereocenters. The summed E-state index contributed by atoms with van der Waals surface area (Å²) in [5.74, 6) is 0.368. The Hall–Kier alpha value is -3.61. The summed E-state index contributed by atoms with van der Waals surface area (Å²) in [4.78, 5) is 30.2. The predicted molar refractivity (Wildman–Crippen MR) is 155 cm³/mol. The van der Waals surface area contributed by atoms with Crippen LogP contribution < -0.4 is 10.3 Å². The smallest absolute Gasteiger partial charge is 0.336 e. The molecule has 0 fully saturated rings. The molecule has 1 N–H and O–H groups in total. The van der Waals surface area contributed by atoms with Gasteiger partial charge in [0.05, 0.1) is 33.4 Å². The number of ether oxygens (including phenoxy) is 1. The third-order valence-electron chi connectivity index (χ3n) is 6.61. The van der Waals surface area contributed by atoms with Gasteiger partial charge in [0.1, 0.15) is 18.2 Å². The SMILES string of the molecule is CCCCc1nc(C)c(-c2c(Cl)cccc2Cl)c(=O)n1Cc1ccc(OCc2ccccc2C(=O)O)c(C)c1. The van der Waals surface area contributed by atoms with Crippen LogP contribution in [0.4, 0.5) is 0 Å². The van der Waals surface area contributed by atoms with E-state index in [4.69, 9.17) is 32.9 Å². The van der Waals surface area contributed by atoms with Gasteiger partial charge in [0, 0.05) is 17.5 Å². The maximum atomic E-state index is 13.9. The number of halogens is 2. The summed E-state index contributed by atoms with van der Waals surface area (Å²) in [7, 11) is 0. The molecular weight excluding hydrogens is 535 g/mol. The molecule has 0 aliphatic rings. The molecule has 0 aliphatic heterocycles. The first-order chi connectivity index (χ1) is 18.7. The van der Waals surface area contributed by atoms with E-state index in [0.717, 1.165) is 29.8 Å². The van der Waals surface area contributed by atoms with Crippen LogP contribution in [-0.4, -0.2) is 20.6 Å². The fourth-order valence-corrected chi connectivity index (χ4v) is 5.18. The fourth-order valence-electron chi connectivity index (χ4n) is 4.59. The summed E-state index contributed by atoms with van der Waals surface area (Å²) in [5, 5.41) is 10.2. The first-order valence-electron chi connectivity index (χ1n) is 12.8. The highest BCUT2D eigenvalue weighted by Gasteiger charge is 2.20. The minimum atomic E-state index is -0.991. The minimum Gasteiger partial charge on any atom is -0.489 e. The maximum absolute atomic E-state index is 13.9. The zero-order valence-electron chi connectivity index (χ0n) is 22.1. The van der Waals surface area contributed by atoms with E-state index >= 15 is 0 Å². The maximum Gasteiger partial charge on any atom is 0.336 e. The molecule has 0 amide bonds. The molecule has 0 saturated carbocycles. The van der Waals surface area contributed by atoms with Gasteiger partial charge in [-0.05, 0) is 55.7 Å². The van der Waals surface area contributed by atoms with Gasteiger partial charge in [0.25, 0.3) is 5.56 Å². The lowest BCUT2D eigenvalue weighted by atomic mass is 10.0. The van der Waals surface area contributed by atoms with Crippen LogP contribution in [-0.2, 0) is 19.6 Å². The number of carboxylic acid groups (broad SMARTS) is 1. The molecule has 1 heterocycles. The number of benzene rings is 3. The van der Waals surface area contributed by atoms with Crippen molar-refractivity contribution in [2.24, 2.45) is 0 Å². The van der Waals surface area contributed by atoms with Crippen LogP contribution in [0.15, 0.2) is 65.5 Å². The standard InChI is InChI=1S/C31H30Cl2N2O4/c1-4-5-13-27-34-20(3)28(29-24(32)11-8-12-25(29)33)30(36)35(27)17-21-14-15-26(19(2)16-21)39-18-22-9-6-7-10-23(22)31(37)38/h6-12,14-16H,4-5,13,17-18H2,1-3H3,(H,37,38). The molecule has 8 heteroatoms. The van der Waals surface area contributed by atoms with Gasteiger partial charge < -0.3 is 9.84 Å². The van der Waals surface area contributed by atoms with Crippen molar-refractivity contribution in [3.05, 3.63) is 115 Å². The van der Waals surface area contributed by atoms with Crippen LogP contribution in [0.3, 0.4) is 0 Å². The average Bonchev–Trinajstić information content (AvgIpc) is 2.90. The molecule has 6 nitrogen and oxygen atoms in total. The molecule has 202 valence electrons. The molecule has 0 spiro atoms. The van der Waals surface area contributed by atoms with E-state index < -0.39 is 5.97 Å². The molecule has 4 rings (SSSR count). The lowest BCUT2D eigenvalue weighted by Crippen LogP contribution is -2.28. The quantitative estimate of drug-likeness (QED) is 0.215. The first kappa shape index (κ1) is 28.4. The van der Waals surface area contributed by atoms with Gasteiger partial charge in [-0.1, -0.05) is 72.9 Å². The van der Waals surface area contributed by atoms with Crippen LogP contribution >= 0.6 is 23.2 Å². The predicted octanol–water partition coefficient (Wildman–Crippen LogP) is 7.50. The Morgan fingerprint density at radius 1 is 1.00 bits per heavy atom. The molecule has 3 aromatic carbocycles. The number of nitrogens with zero attached hydrogens (tertiary/aromatic N) is 2. The first-order valence-corrected chi connectivity index (χ1v) is 13.5. The molecule has 1 aromatic heterocycles. The van der Waals surface area contributed by atoms with E-state index in [9.17, 15) is 14.7 Å². The molecule has 0 radical (unpaired) electrons. The number of aryl methyl sites for hydroxylation is 3. The van der Waals surface area contributed by atoms with Crippen molar-refractivity contribution < 1.29 is 14.6 Å². The molecule has 4 aromatic rings. The Labute approximate surface area is 237 Å². The number of unbranched alkanes of at least 4 members (excludes halogenated alkanes) is 1. The van der Waals surface area contributed by atoms with E-state index in [1.807, 2.05) is 32.0 Å². The number of hydrogen-bond donors (Lipinski definition) is 1. The Morgan fingerprint density at radius 3 is 2.38 bits per heavy atom. The van der Waals surface area contributed by atoms with Crippen LogP contribution in [0.5, 0.6) is 5.75 Å². The van der Waals surface area contributed by atoms with Crippen molar-refractivity contribution in [1.82, 2.24) is 9.55 Å². The molecule has 0 aliphatic carbocycles. The van der Waals surface area contributed by atoms with E-state index in [1.165, 1.54) is 0 Å². The molecule has 0 saturated heterocycles. The number of hydrogen-bond acceptors (Lipinski definition) is 4. The van der Waals surface area contributed by atoms with E-state index in [0.29, 0.717) is 51.1 Å². The van der Waals surface area contributed by atoms with Gasteiger partial charge in [0.2, 0.25) is 0 Å². The highest BCUT2D eigenvalue weighted by Crippen LogP contribution is 2.34. The molecule has 0 bridgehead atoms. The number of carboxylic acids is 1. The third-order valence-corrected chi connectivity index (χ3v) is 7.24. The van der Waals surface area contributed by atoms with E-state index in [2.05, 4.69) is 6.92 Å². The van der Waals surface area contributed by atoms with Crippen molar-refractivity contribution in [1.29, 1.82) is 0 Å². The number of aromatic carboxylic acids is 1. The van der Waals surface area contributed by atoms with Crippen molar-refractivity contribution in [3.63, 3.8) is 0 Å². The largest absolute Gasteiger partial charge is 0.489 e. The van der Waals surface area contributed by atoms with Gasteiger partial charge >= 0.3 is 5.97 Å². The van der Waals surface area contributed by atoms with E-state index in [1.54, 1.807) is 47.0 Å². The van der Waals surface area contributed by atoms with Crippen LogP contribution in [0.1, 0.15) is 58.3 Å². The second kappa shape index (κ2) is 12.5.